The van der Waals surface area contributed by atoms with Crippen LogP contribution in [0, 0.1) is 0 Å². The average Bonchev–Trinajstić information content (AvgIpc) is 2.81. The lowest BCUT2D eigenvalue weighted by atomic mass is 10.2. The molecule has 0 bridgehead atoms. The second-order valence-electron chi connectivity index (χ2n) is 4.71. The topological polar surface area (TPSA) is 58.4 Å². The molecule has 0 aliphatic rings. The number of nitrogens with one attached hydrogen (secondary N) is 1. The SMILES string of the molecule is CCNC(=O)c1sc(N(C)Cc2cccc(Cl)c2)cc1N. The molecule has 3 N–H and O–H groups in total. The van der Waals surface area contributed by atoms with Gasteiger partial charge in [-0.1, -0.05) is 23.7 Å². The Morgan fingerprint density at radius 2 is 2.19 bits per heavy atom. The smallest absolute Gasteiger partial charge is 0.263 e. The molecule has 0 radical (unpaired) electrons. The van der Waals surface area contributed by atoms with Crippen LogP contribution in [0.25, 0.3) is 0 Å². The molecule has 0 unspecified atom stereocenters. The van der Waals surface area contributed by atoms with Crippen LogP contribution in [-0.2, 0) is 6.54 Å². The Morgan fingerprint density at radius 1 is 1.43 bits per heavy atom. The molecule has 0 saturated heterocycles. The Bertz CT molecular complexity index is 642. The lowest BCUT2D eigenvalue weighted by Crippen LogP contribution is -2.22. The van der Waals surface area contributed by atoms with Gasteiger partial charge in [-0.15, -0.1) is 11.3 Å². The van der Waals surface area contributed by atoms with Gasteiger partial charge in [0.25, 0.3) is 5.91 Å². The number of anilines is 2. The van der Waals surface area contributed by atoms with Gasteiger partial charge in [0.05, 0.1) is 10.7 Å². The van der Waals surface area contributed by atoms with Gasteiger partial charge in [-0.2, -0.15) is 0 Å². The molecule has 0 atom stereocenters. The molecule has 1 aromatic heterocycles. The van der Waals surface area contributed by atoms with Gasteiger partial charge >= 0.3 is 0 Å². The van der Waals surface area contributed by atoms with Crippen molar-refractivity contribution in [3.05, 3.63) is 45.8 Å². The van der Waals surface area contributed by atoms with Crippen LogP contribution in [0.4, 0.5) is 10.7 Å². The molecule has 0 aliphatic carbocycles. The first kappa shape index (κ1) is 15.7. The summed E-state index contributed by atoms with van der Waals surface area (Å²) in [4.78, 5) is 14.5. The number of carbonyl (C=O) groups excluding carboxylic acids is 1. The van der Waals surface area contributed by atoms with E-state index >= 15 is 0 Å². The number of rotatable bonds is 5. The molecule has 1 aromatic carbocycles. The van der Waals surface area contributed by atoms with Gasteiger partial charge in [-0.25, -0.2) is 0 Å². The summed E-state index contributed by atoms with van der Waals surface area (Å²) in [6, 6.07) is 9.55. The summed E-state index contributed by atoms with van der Waals surface area (Å²) >= 11 is 7.39. The number of nitrogens with two attached hydrogens (primary N) is 1. The second kappa shape index (κ2) is 6.83. The van der Waals surface area contributed by atoms with E-state index in [1.54, 1.807) is 0 Å². The average molecular weight is 324 g/mol. The summed E-state index contributed by atoms with van der Waals surface area (Å²) in [5.41, 5.74) is 7.55. The van der Waals surface area contributed by atoms with Crippen LogP contribution < -0.4 is 16.0 Å². The van der Waals surface area contributed by atoms with Crippen molar-refractivity contribution in [2.75, 3.05) is 24.2 Å². The number of nitrogen functional groups attached to an aromatic ring is 1. The first-order chi connectivity index (χ1) is 10.0. The maximum Gasteiger partial charge on any atom is 0.263 e. The quantitative estimate of drug-likeness (QED) is 0.887. The van der Waals surface area contributed by atoms with Gasteiger partial charge in [0.15, 0.2) is 0 Å². The fourth-order valence-electron chi connectivity index (χ4n) is 1.99. The lowest BCUT2D eigenvalue weighted by Gasteiger charge is -2.17. The number of hydrogen-bond acceptors (Lipinski definition) is 4. The zero-order valence-electron chi connectivity index (χ0n) is 12.0. The highest BCUT2D eigenvalue weighted by molar-refractivity contribution is 7.18. The van der Waals surface area contributed by atoms with Crippen LogP contribution in [-0.4, -0.2) is 19.5 Å². The van der Waals surface area contributed by atoms with Gasteiger partial charge in [0.1, 0.15) is 4.88 Å². The fourth-order valence-corrected chi connectivity index (χ4v) is 3.15. The summed E-state index contributed by atoms with van der Waals surface area (Å²) in [7, 11) is 1.97. The molecule has 6 heteroatoms. The maximum absolute atomic E-state index is 11.9. The second-order valence-corrected chi connectivity index (χ2v) is 6.18. The molecule has 0 spiro atoms. The Hall–Kier alpha value is -1.72. The van der Waals surface area contributed by atoms with Gasteiger partial charge < -0.3 is 16.0 Å². The third-order valence-electron chi connectivity index (χ3n) is 2.98. The molecular formula is C15H18ClN3OS. The maximum atomic E-state index is 11.9. The van der Waals surface area contributed by atoms with Crippen LogP contribution in [0.5, 0.6) is 0 Å². The minimum absolute atomic E-state index is 0.123. The summed E-state index contributed by atoms with van der Waals surface area (Å²) in [6.07, 6.45) is 0. The van der Waals surface area contributed by atoms with Gasteiger partial charge in [0.2, 0.25) is 0 Å². The van der Waals surface area contributed by atoms with E-state index in [0.717, 1.165) is 15.6 Å². The van der Waals surface area contributed by atoms with E-state index in [1.165, 1.54) is 11.3 Å². The minimum atomic E-state index is -0.123. The minimum Gasteiger partial charge on any atom is -0.397 e. The van der Waals surface area contributed by atoms with Crippen LogP contribution in [0.15, 0.2) is 30.3 Å². The Balaban J connectivity index is 2.14. The van der Waals surface area contributed by atoms with Crippen molar-refractivity contribution in [3.63, 3.8) is 0 Å². The zero-order chi connectivity index (χ0) is 15.4. The number of amides is 1. The monoisotopic (exact) mass is 323 g/mol. The standard InChI is InChI=1S/C15H18ClN3OS/c1-3-18-15(20)14-12(17)8-13(21-14)19(2)9-10-5-4-6-11(16)7-10/h4-8H,3,9,17H2,1-2H3,(H,18,20). The summed E-state index contributed by atoms with van der Waals surface area (Å²) in [5.74, 6) is -0.123. The summed E-state index contributed by atoms with van der Waals surface area (Å²) < 4.78 is 0. The van der Waals surface area contributed by atoms with Crippen molar-refractivity contribution in [1.29, 1.82) is 0 Å². The van der Waals surface area contributed by atoms with Gasteiger partial charge in [0, 0.05) is 25.2 Å². The fraction of sp³-hybridized carbons (Fsp3) is 0.267. The molecule has 2 aromatic rings. The number of halogens is 1. The first-order valence-electron chi connectivity index (χ1n) is 6.64. The third-order valence-corrected chi connectivity index (χ3v) is 4.48. The van der Waals surface area contributed by atoms with E-state index in [1.807, 2.05) is 44.3 Å². The van der Waals surface area contributed by atoms with E-state index in [-0.39, 0.29) is 5.91 Å². The summed E-state index contributed by atoms with van der Waals surface area (Å²) in [5, 5.41) is 4.44. The van der Waals surface area contributed by atoms with Crippen molar-refractivity contribution >= 4 is 39.5 Å². The normalized spacial score (nSPS) is 10.4. The van der Waals surface area contributed by atoms with Crippen LogP contribution in [0.2, 0.25) is 5.02 Å². The Labute approximate surface area is 133 Å². The molecule has 21 heavy (non-hydrogen) atoms. The van der Waals surface area contributed by atoms with E-state index in [9.17, 15) is 4.79 Å². The highest BCUT2D eigenvalue weighted by Gasteiger charge is 2.15. The lowest BCUT2D eigenvalue weighted by molar-refractivity contribution is 0.0960. The van der Waals surface area contributed by atoms with Crippen molar-refractivity contribution in [2.45, 2.75) is 13.5 Å². The van der Waals surface area contributed by atoms with Crippen molar-refractivity contribution in [3.8, 4) is 0 Å². The zero-order valence-corrected chi connectivity index (χ0v) is 13.6. The number of benzene rings is 1. The largest absolute Gasteiger partial charge is 0.397 e. The number of thiophene rings is 1. The number of nitrogens with zero attached hydrogens (tertiary/aromatic N) is 1. The molecule has 1 heterocycles. The molecule has 2 rings (SSSR count). The molecule has 1 amide bonds. The molecule has 0 fully saturated rings. The highest BCUT2D eigenvalue weighted by Crippen LogP contribution is 2.32. The molecule has 0 saturated carbocycles. The molecule has 0 aliphatic heterocycles. The van der Waals surface area contributed by atoms with E-state index in [0.29, 0.717) is 23.7 Å². The molecule has 4 nitrogen and oxygen atoms in total. The Kier molecular flexibility index (Phi) is 5.09. The first-order valence-corrected chi connectivity index (χ1v) is 7.83. The van der Waals surface area contributed by atoms with Crippen LogP contribution >= 0.6 is 22.9 Å². The predicted octanol–water partition coefficient (Wildman–Crippen LogP) is 3.37. The van der Waals surface area contributed by atoms with Gasteiger partial charge in [-0.3, -0.25) is 4.79 Å². The van der Waals surface area contributed by atoms with Gasteiger partial charge in [-0.05, 0) is 30.7 Å². The number of hydrogen-bond donors (Lipinski definition) is 2. The Morgan fingerprint density at radius 3 is 2.86 bits per heavy atom. The van der Waals surface area contributed by atoms with Crippen molar-refractivity contribution in [2.24, 2.45) is 0 Å². The van der Waals surface area contributed by atoms with Crippen molar-refractivity contribution in [1.82, 2.24) is 5.32 Å². The number of carbonyl (C=O) groups is 1. The predicted molar refractivity (Wildman–Crippen MR) is 90.3 cm³/mol. The highest BCUT2D eigenvalue weighted by atomic mass is 35.5. The third kappa shape index (κ3) is 3.89. The summed E-state index contributed by atoms with van der Waals surface area (Å²) in [6.45, 7) is 3.17. The molecule has 112 valence electrons. The van der Waals surface area contributed by atoms with Crippen LogP contribution in [0.1, 0.15) is 22.2 Å². The van der Waals surface area contributed by atoms with Crippen LogP contribution in [0.3, 0.4) is 0 Å². The van der Waals surface area contributed by atoms with Crippen molar-refractivity contribution < 1.29 is 4.79 Å². The van der Waals surface area contributed by atoms with E-state index < -0.39 is 0 Å². The van der Waals surface area contributed by atoms with E-state index in [4.69, 9.17) is 17.3 Å². The van der Waals surface area contributed by atoms with E-state index in [2.05, 4.69) is 10.2 Å². The molecular weight excluding hydrogens is 306 g/mol.